The minimum Gasteiger partial charge on any atom is -0.493 e. The molecule has 0 saturated heterocycles. The van der Waals surface area contributed by atoms with Crippen LogP contribution in [0.15, 0.2) is 34.9 Å². The van der Waals surface area contributed by atoms with Gasteiger partial charge in [-0.15, -0.1) is 0 Å². The number of fused-ring (bicyclic) bond motifs is 1. The summed E-state index contributed by atoms with van der Waals surface area (Å²) in [5.41, 5.74) is 1.07. The monoisotopic (exact) mass is 330 g/mol. The van der Waals surface area contributed by atoms with Crippen LogP contribution in [-0.4, -0.2) is 32.2 Å². The average molecular weight is 330 g/mol. The second-order valence-electron chi connectivity index (χ2n) is 5.05. The minimum atomic E-state index is -0.248. The third-order valence-corrected chi connectivity index (χ3v) is 3.67. The first-order valence-corrected chi connectivity index (χ1v) is 7.30. The summed E-state index contributed by atoms with van der Waals surface area (Å²) in [5.74, 6) is 1.92. The molecule has 0 aliphatic heterocycles. The zero-order valence-electron chi connectivity index (χ0n) is 13.6. The third kappa shape index (κ3) is 2.76. The van der Waals surface area contributed by atoms with Crippen LogP contribution >= 0.6 is 0 Å². The van der Waals surface area contributed by atoms with Gasteiger partial charge in [-0.05, 0) is 24.3 Å². The molecule has 0 aliphatic rings. The van der Waals surface area contributed by atoms with Crippen molar-refractivity contribution in [1.29, 1.82) is 0 Å². The number of ether oxygens (including phenoxy) is 3. The molecule has 1 aromatic carbocycles. The van der Waals surface area contributed by atoms with Gasteiger partial charge in [0, 0.05) is 5.39 Å². The van der Waals surface area contributed by atoms with Crippen LogP contribution in [-0.2, 0) is 6.54 Å². The number of methoxy groups -OCH3 is 3. The summed E-state index contributed by atoms with van der Waals surface area (Å²) in [5, 5.41) is 3.57. The van der Waals surface area contributed by atoms with Gasteiger partial charge in [0.05, 0.1) is 39.7 Å². The molecule has 0 radical (unpaired) electrons. The Labute approximate surface area is 138 Å². The van der Waals surface area contributed by atoms with E-state index in [4.69, 9.17) is 18.6 Å². The Morgan fingerprint density at radius 1 is 1.17 bits per heavy atom. The maximum absolute atomic E-state index is 12.3. The number of hydrogen-bond acceptors (Lipinski definition) is 5. The second-order valence-corrected chi connectivity index (χ2v) is 5.05. The van der Waals surface area contributed by atoms with Crippen LogP contribution in [0.1, 0.15) is 16.2 Å². The molecule has 3 rings (SSSR count). The first kappa shape index (κ1) is 15.8. The van der Waals surface area contributed by atoms with Crippen molar-refractivity contribution in [3.05, 3.63) is 42.0 Å². The molecule has 2 N–H and O–H groups in total. The summed E-state index contributed by atoms with van der Waals surface area (Å²) < 4.78 is 21.3. The van der Waals surface area contributed by atoms with Crippen molar-refractivity contribution in [1.82, 2.24) is 10.3 Å². The van der Waals surface area contributed by atoms with E-state index in [2.05, 4.69) is 10.3 Å². The maximum Gasteiger partial charge on any atom is 0.268 e. The molecule has 0 unspecified atom stereocenters. The highest BCUT2D eigenvalue weighted by molar-refractivity contribution is 6.00. The maximum atomic E-state index is 12.3. The summed E-state index contributed by atoms with van der Waals surface area (Å²) in [6.45, 7) is 0.310. The first-order valence-electron chi connectivity index (χ1n) is 7.30. The quantitative estimate of drug-likeness (QED) is 0.726. The fourth-order valence-corrected chi connectivity index (χ4v) is 2.54. The smallest absolute Gasteiger partial charge is 0.268 e. The van der Waals surface area contributed by atoms with E-state index in [0.29, 0.717) is 40.8 Å². The van der Waals surface area contributed by atoms with Crippen molar-refractivity contribution in [2.24, 2.45) is 0 Å². The van der Waals surface area contributed by atoms with Crippen molar-refractivity contribution in [3.8, 4) is 17.2 Å². The number of nitrogens with one attached hydrogen (secondary N) is 2. The van der Waals surface area contributed by atoms with Crippen LogP contribution in [0, 0.1) is 0 Å². The van der Waals surface area contributed by atoms with Gasteiger partial charge in [0.1, 0.15) is 11.5 Å². The molecular formula is C17H18N2O5. The van der Waals surface area contributed by atoms with Crippen LogP contribution in [0.5, 0.6) is 17.2 Å². The molecule has 3 aromatic rings. The zero-order chi connectivity index (χ0) is 17.1. The molecule has 1 amide bonds. The molecule has 0 bridgehead atoms. The number of carbonyl (C=O) groups excluding carboxylic acids is 1. The molecule has 2 aromatic heterocycles. The molecule has 7 nitrogen and oxygen atoms in total. The molecule has 2 heterocycles. The standard InChI is InChI=1S/C17H18N2O5/c1-21-13-8-10-7-12(17(20)18-9-11-5-4-6-24-11)19-14(10)16(23-3)15(13)22-2/h4-8,19H,9H2,1-3H3,(H,18,20). The second kappa shape index (κ2) is 6.57. The Balaban J connectivity index is 1.94. The number of rotatable bonds is 6. The van der Waals surface area contributed by atoms with E-state index in [9.17, 15) is 4.79 Å². The molecule has 0 spiro atoms. The van der Waals surface area contributed by atoms with Crippen molar-refractivity contribution < 1.29 is 23.4 Å². The lowest BCUT2D eigenvalue weighted by Gasteiger charge is -2.12. The summed E-state index contributed by atoms with van der Waals surface area (Å²) in [4.78, 5) is 15.4. The number of furan rings is 1. The van der Waals surface area contributed by atoms with Crippen LogP contribution in [0.3, 0.4) is 0 Å². The van der Waals surface area contributed by atoms with Gasteiger partial charge >= 0.3 is 0 Å². The topological polar surface area (TPSA) is 85.7 Å². The Kier molecular flexibility index (Phi) is 4.33. The fraction of sp³-hybridized carbons (Fsp3) is 0.235. The lowest BCUT2D eigenvalue weighted by atomic mass is 10.2. The normalized spacial score (nSPS) is 10.6. The van der Waals surface area contributed by atoms with Crippen molar-refractivity contribution in [2.45, 2.75) is 6.54 Å². The molecule has 126 valence electrons. The SMILES string of the molecule is COc1cc2cc(C(=O)NCc3ccco3)[nH]c2c(OC)c1OC. The van der Waals surface area contributed by atoms with E-state index in [1.165, 1.54) is 14.2 Å². The van der Waals surface area contributed by atoms with Crippen LogP contribution < -0.4 is 19.5 Å². The average Bonchev–Trinajstić information content (AvgIpc) is 3.26. The molecule has 24 heavy (non-hydrogen) atoms. The van der Waals surface area contributed by atoms with Gasteiger partial charge in [-0.25, -0.2) is 0 Å². The van der Waals surface area contributed by atoms with E-state index < -0.39 is 0 Å². The zero-order valence-corrected chi connectivity index (χ0v) is 13.6. The van der Waals surface area contributed by atoms with E-state index in [1.54, 1.807) is 37.6 Å². The highest BCUT2D eigenvalue weighted by Gasteiger charge is 2.19. The summed E-state index contributed by atoms with van der Waals surface area (Å²) in [6, 6.07) is 7.09. The predicted molar refractivity (Wildman–Crippen MR) is 87.8 cm³/mol. The number of benzene rings is 1. The Morgan fingerprint density at radius 2 is 1.96 bits per heavy atom. The third-order valence-electron chi connectivity index (χ3n) is 3.67. The van der Waals surface area contributed by atoms with Gasteiger partial charge in [0.15, 0.2) is 11.5 Å². The lowest BCUT2D eigenvalue weighted by Crippen LogP contribution is -2.22. The van der Waals surface area contributed by atoms with Gasteiger partial charge in [-0.1, -0.05) is 0 Å². The van der Waals surface area contributed by atoms with Crippen LogP contribution in [0.4, 0.5) is 0 Å². The number of aromatic amines is 1. The molecule has 7 heteroatoms. The van der Waals surface area contributed by atoms with Gasteiger partial charge in [-0.2, -0.15) is 0 Å². The van der Waals surface area contributed by atoms with Gasteiger partial charge in [-0.3, -0.25) is 4.79 Å². The summed E-state index contributed by atoms with van der Waals surface area (Å²) in [6.07, 6.45) is 1.56. The Bertz CT molecular complexity index is 852. The highest BCUT2D eigenvalue weighted by Crippen LogP contribution is 2.43. The molecule has 0 fully saturated rings. The molecular weight excluding hydrogens is 312 g/mol. The van der Waals surface area contributed by atoms with E-state index in [1.807, 2.05) is 0 Å². The molecule has 0 aliphatic carbocycles. The Morgan fingerprint density at radius 3 is 2.58 bits per heavy atom. The van der Waals surface area contributed by atoms with E-state index >= 15 is 0 Å². The minimum absolute atomic E-state index is 0.248. The van der Waals surface area contributed by atoms with E-state index in [-0.39, 0.29) is 5.91 Å². The summed E-state index contributed by atoms with van der Waals surface area (Å²) in [7, 11) is 4.62. The van der Waals surface area contributed by atoms with Crippen molar-refractivity contribution in [3.63, 3.8) is 0 Å². The van der Waals surface area contributed by atoms with Crippen molar-refractivity contribution in [2.75, 3.05) is 21.3 Å². The highest BCUT2D eigenvalue weighted by atomic mass is 16.5. The lowest BCUT2D eigenvalue weighted by molar-refractivity contribution is 0.0944. The Hall–Kier alpha value is -3.09. The first-order chi connectivity index (χ1) is 11.7. The predicted octanol–water partition coefficient (Wildman–Crippen LogP) is 2.72. The molecule has 0 saturated carbocycles. The number of aromatic nitrogens is 1. The number of carbonyl (C=O) groups is 1. The van der Waals surface area contributed by atoms with Crippen LogP contribution in [0.25, 0.3) is 10.9 Å². The fourth-order valence-electron chi connectivity index (χ4n) is 2.54. The largest absolute Gasteiger partial charge is 0.493 e. The van der Waals surface area contributed by atoms with E-state index in [0.717, 1.165) is 5.39 Å². The van der Waals surface area contributed by atoms with Gasteiger partial charge < -0.3 is 28.9 Å². The summed E-state index contributed by atoms with van der Waals surface area (Å²) >= 11 is 0. The number of hydrogen-bond donors (Lipinski definition) is 2. The van der Waals surface area contributed by atoms with Gasteiger partial charge in [0.2, 0.25) is 5.75 Å². The number of amides is 1. The van der Waals surface area contributed by atoms with Gasteiger partial charge in [0.25, 0.3) is 5.91 Å². The molecule has 0 atom stereocenters. The number of H-pyrrole nitrogens is 1. The van der Waals surface area contributed by atoms with Crippen LogP contribution in [0.2, 0.25) is 0 Å². The van der Waals surface area contributed by atoms with Crippen molar-refractivity contribution >= 4 is 16.8 Å².